The average Bonchev–Trinajstić information content (AvgIpc) is 3.61. The Morgan fingerprint density at radius 1 is 0.795 bits per heavy atom. The van der Waals surface area contributed by atoms with Crippen LogP contribution >= 0.6 is 0 Å². The Morgan fingerprint density at radius 3 is 1.93 bits per heavy atom. The van der Waals surface area contributed by atoms with Crippen LogP contribution in [-0.2, 0) is 18.9 Å². The fourth-order valence-electron chi connectivity index (χ4n) is 4.74. The largest absolute Gasteiger partial charge is 0.456 e. The molecule has 0 amide bonds. The highest BCUT2D eigenvalue weighted by Gasteiger charge is 2.62. The van der Waals surface area contributed by atoms with Crippen LogP contribution < -0.4 is 5.73 Å². The van der Waals surface area contributed by atoms with Crippen molar-refractivity contribution in [2.24, 2.45) is 0 Å². The van der Waals surface area contributed by atoms with Crippen molar-refractivity contribution in [2.75, 3.05) is 12.3 Å². The van der Waals surface area contributed by atoms with Gasteiger partial charge < -0.3 is 24.7 Å². The van der Waals surface area contributed by atoms with Crippen molar-refractivity contribution >= 4 is 34.9 Å². The SMILES string of the molecule is Nc1ncnc2c1ncn2C1O[C@](F)(COC(=O)c2ccccc2)C(OC(=O)c2ccccc2)C1OC(=O)c1ccccc1. The number of nitrogens with zero attached hydrogens (tertiary/aromatic N) is 4. The highest BCUT2D eigenvalue weighted by molar-refractivity contribution is 5.91. The first-order chi connectivity index (χ1) is 21.3. The number of benzene rings is 3. The average molecular weight is 598 g/mol. The van der Waals surface area contributed by atoms with E-state index in [2.05, 4.69) is 15.0 Å². The number of hydrogen-bond donors (Lipinski definition) is 1. The number of nitrogen functional groups attached to an aromatic ring is 1. The van der Waals surface area contributed by atoms with Crippen molar-refractivity contribution in [3.8, 4) is 0 Å². The van der Waals surface area contributed by atoms with Crippen LogP contribution in [0.5, 0.6) is 0 Å². The van der Waals surface area contributed by atoms with E-state index in [-0.39, 0.29) is 33.7 Å². The van der Waals surface area contributed by atoms with Gasteiger partial charge in [-0.2, -0.15) is 0 Å². The van der Waals surface area contributed by atoms with E-state index in [0.717, 1.165) is 0 Å². The Morgan fingerprint density at radius 2 is 1.34 bits per heavy atom. The summed E-state index contributed by atoms with van der Waals surface area (Å²) in [4.78, 5) is 51.6. The van der Waals surface area contributed by atoms with E-state index in [1.165, 1.54) is 53.6 Å². The smallest absolute Gasteiger partial charge is 0.338 e. The van der Waals surface area contributed by atoms with Crippen LogP contribution in [0.3, 0.4) is 0 Å². The van der Waals surface area contributed by atoms with Crippen molar-refractivity contribution in [1.29, 1.82) is 0 Å². The number of hydrogen-bond acceptors (Lipinski definition) is 11. The Balaban J connectivity index is 1.41. The molecule has 2 aromatic heterocycles. The fourth-order valence-corrected chi connectivity index (χ4v) is 4.74. The molecule has 6 rings (SSSR count). The predicted molar refractivity (Wildman–Crippen MR) is 152 cm³/mol. The van der Waals surface area contributed by atoms with Gasteiger partial charge in [-0.25, -0.2) is 33.7 Å². The van der Waals surface area contributed by atoms with Crippen LogP contribution in [0, 0.1) is 0 Å². The Hall–Kier alpha value is -5.69. The number of alkyl halides is 1. The third-order valence-electron chi connectivity index (χ3n) is 6.89. The molecular formula is C31H24FN5O7. The number of fused-ring (bicyclic) bond motifs is 1. The van der Waals surface area contributed by atoms with Crippen LogP contribution in [0.25, 0.3) is 11.2 Å². The molecule has 0 spiro atoms. The van der Waals surface area contributed by atoms with Gasteiger partial charge in [0.25, 0.3) is 5.85 Å². The Labute approximate surface area is 249 Å². The third-order valence-corrected chi connectivity index (χ3v) is 6.89. The molecule has 2 N–H and O–H groups in total. The van der Waals surface area contributed by atoms with E-state index >= 15 is 4.39 Å². The lowest BCUT2D eigenvalue weighted by Crippen LogP contribution is -2.47. The lowest BCUT2D eigenvalue weighted by atomic mass is 10.1. The minimum Gasteiger partial charge on any atom is -0.456 e. The quantitative estimate of drug-likeness (QED) is 0.204. The van der Waals surface area contributed by atoms with Gasteiger partial charge in [-0.3, -0.25) is 4.57 Å². The van der Waals surface area contributed by atoms with Crippen molar-refractivity contribution in [3.63, 3.8) is 0 Å². The van der Waals surface area contributed by atoms with E-state index in [4.69, 9.17) is 24.7 Å². The zero-order valence-electron chi connectivity index (χ0n) is 22.9. The summed E-state index contributed by atoms with van der Waals surface area (Å²) in [6, 6.07) is 23.7. The summed E-state index contributed by atoms with van der Waals surface area (Å²) in [5.41, 5.74) is 6.66. The van der Waals surface area contributed by atoms with Gasteiger partial charge in [0.15, 0.2) is 30.4 Å². The summed E-state index contributed by atoms with van der Waals surface area (Å²) in [6.07, 6.45) is -2.62. The van der Waals surface area contributed by atoms with Crippen molar-refractivity contribution in [3.05, 3.63) is 120 Å². The zero-order valence-corrected chi connectivity index (χ0v) is 22.9. The second-order valence-corrected chi connectivity index (χ2v) is 9.75. The van der Waals surface area contributed by atoms with E-state index in [9.17, 15) is 14.4 Å². The molecule has 1 aliphatic heterocycles. The lowest BCUT2D eigenvalue weighted by molar-refractivity contribution is -0.207. The van der Waals surface area contributed by atoms with Gasteiger partial charge in [0.2, 0.25) is 6.10 Å². The first-order valence-corrected chi connectivity index (χ1v) is 13.4. The number of halogens is 1. The molecule has 0 bridgehead atoms. The molecule has 5 aromatic rings. The van der Waals surface area contributed by atoms with E-state index < -0.39 is 48.8 Å². The Bertz CT molecular complexity index is 1810. The standard InChI is InChI=1S/C31H24FN5O7/c32-31(16-41-28(38)19-10-4-1-5-11-19)24(43-30(40)21-14-8-3-9-15-21)23(42-29(39)20-12-6-2-7-13-20)27(44-31)37-18-36-22-25(33)34-17-35-26(22)37/h1-15,17-18,23-24,27H,16H2,(H2,33,34,35)/t23?,24?,27?,31-/m1/s1. The number of imidazole rings is 1. The second kappa shape index (κ2) is 11.9. The number of carbonyl (C=O) groups excluding carboxylic acids is 3. The molecule has 44 heavy (non-hydrogen) atoms. The van der Waals surface area contributed by atoms with Gasteiger partial charge in [-0.05, 0) is 36.4 Å². The van der Waals surface area contributed by atoms with E-state index in [1.54, 1.807) is 54.6 Å². The molecular weight excluding hydrogens is 573 g/mol. The summed E-state index contributed by atoms with van der Waals surface area (Å²) in [6.45, 7) is -1.02. The minimum absolute atomic E-state index is 0.0416. The summed E-state index contributed by atoms with van der Waals surface area (Å²) in [5, 5.41) is 0. The summed E-state index contributed by atoms with van der Waals surface area (Å²) in [5.74, 6) is -5.60. The van der Waals surface area contributed by atoms with Crippen molar-refractivity contribution in [1.82, 2.24) is 19.5 Å². The topological polar surface area (TPSA) is 158 Å². The molecule has 0 aliphatic carbocycles. The predicted octanol–water partition coefficient (Wildman–Crippen LogP) is 3.91. The molecule has 1 aliphatic rings. The number of aromatic nitrogens is 4. The van der Waals surface area contributed by atoms with Crippen LogP contribution in [0.2, 0.25) is 0 Å². The number of ether oxygens (including phenoxy) is 4. The van der Waals surface area contributed by atoms with Gasteiger partial charge in [0.05, 0.1) is 23.0 Å². The molecule has 4 atom stereocenters. The zero-order chi connectivity index (χ0) is 30.7. The monoisotopic (exact) mass is 597 g/mol. The van der Waals surface area contributed by atoms with Gasteiger partial charge in [-0.1, -0.05) is 54.6 Å². The van der Waals surface area contributed by atoms with E-state index in [0.29, 0.717) is 0 Å². The highest BCUT2D eigenvalue weighted by Crippen LogP contribution is 2.44. The number of carbonyl (C=O) groups is 3. The molecule has 12 nitrogen and oxygen atoms in total. The number of rotatable bonds is 8. The normalized spacial score (nSPS) is 21.1. The molecule has 3 unspecified atom stereocenters. The maximum Gasteiger partial charge on any atom is 0.338 e. The highest BCUT2D eigenvalue weighted by atomic mass is 19.2. The molecule has 13 heteroatoms. The third kappa shape index (κ3) is 5.55. The fraction of sp³-hybridized carbons (Fsp3) is 0.161. The Kier molecular flexibility index (Phi) is 7.69. The van der Waals surface area contributed by atoms with Gasteiger partial charge in [0, 0.05) is 0 Å². The van der Waals surface area contributed by atoms with Crippen LogP contribution in [0.4, 0.5) is 10.2 Å². The molecule has 1 saturated heterocycles. The number of esters is 3. The molecule has 0 radical (unpaired) electrons. The first kappa shape index (κ1) is 28.4. The summed E-state index contributed by atoms with van der Waals surface area (Å²) < 4.78 is 41.0. The first-order valence-electron chi connectivity index (χ1n) is 13.4. The van der Waals surface area contributed by atoms with Crippen LogP contribution in [0.1, 0.15) is 37.3 Å². The summed E-state index contributed by atoms with van der Waals surface area (Å²) >= 11 is 0. The summed E-state index contributed by atoms with van der Waals surface area (Å²) in [7, 11) is 0. The molecule has 1 fully saturated rings. The second-order valence-electron chi connectivity index (χ2n) is 9.75. The van der Waals surface area contributed by atoms with Crippen LogP contribution in [0.15, 0.2) is 104 Å². The van der Waals surface area contributed by atoms with Gasteiger partial charge in [-0.15, -0.1) is 0 Å². The minimum atomic E-state index is -3.00. The van der Waals surface area contributed by atoms with Crippen LogP contribution in [-0.4, -0.2) is 62.1 Å². The number of anilines is 1. The number of nitrogens with two attached hydrogens (primary N) is 1. The molecule has 3 heterocycles. The van der Waals surface area contributed by atoms with Crippen molar-refractivity contribution < 1.29 is 37.7 Å². The maximum absolute atomic E-state index is 17.1. The molecule has 0 saturated carbocycles. The molecule has 3 aromatic carbocycles. The lowest BCUT2D eigenvalue weighted by Gasteiger charge is -2.27. The van der Waals surface area contributed by atoms with Gasteiger partial charge >= 0.3 is 17.9 Å². The van der Waals surface area contributed by atoms with E-state index in [1.807, 2.05) is 0 Å². The van der Waals surface area contributed by atoms with Gasteiger partial charge in [0.1, 0.15) is 11.8 Å². The molecule has 222 valence electrons. The van der Waals surface area contributed by atoms with Crippen molar-refractivity contribution in [2.45, 2.75) is 24.3 Å². The maximum atomic E-state index is 17.1.